The van der Waals surface area contributed by atoms with E-state index < -0.39 is 11.2 Å². The smallest absolute Gasteiger partial charge is 0.364 e. The molecule has 1 aromatic heterocycles. The van der Waals surface area contributed by atoms with Gasteiger partial charge in [-0.2, -0.15) is 0 Å². The fourth-order valence-electron chi connectivity index (χ4n) is 2.01. The van der Waals surface area contributed by atoms with Crippen molar-refractivity contribution >= 4 is 10.9 Å². The molecule has 94 valence electrons. The average Bonchev–Trinajstić information content (AvgIpc) is 2.41. The third-order valence-electron chi connectivity index (χ3n) is 2.99. The van der Waals surface area contributed by atoms with Crippen LogP contribution >= 0.6 is 0 Å². The van der Waals surface area contributed by atoms with Gasteiger partial charge in [0.05, 0.1) is 17.5 Å². The van der Waals surface area contributed by atoms with Crippen LogP contribution in [0.3, 0.4) is 0 Å². The number of fused-ring (bicyclic) bond motifs is 2. The highest BCUT2D eigenvalue weighted by Crippen LogP contribution is 2.27. The van der Waals surface area contributed by atoms with Gasteiger partial charge in [0, 0.05) is 18.7 Å². The summed E-state index contributed by atoms with van der Waals surface area (Å²) in [6, 6.07) is 3.17. The molecule has 2 heterocycles. The molecule has 3 rings (SSSR count). The zero-order chi connectivity index (χ0) is 12.9. The van der Waals surface area contributed by atoms with Gasteiger partial charge < -0.3 is 14.7 Å². The Hall–Kier alpha value is -2.28. The first-order chi connectivity index (χ1) is 8.59. The maximum atomic E-state index is 11.8. The molecule has 0 bridgehead atoms. The van der Waals surface area contributed by atoms with Crippen LogP contribution in [-0.2, 0) is 18.4 Å². The van der Waals surface area contributed by atoms with Crippen LogP contribution < -0.4 is 16.0 Å². The first kappa shape index (κ1) is 10.8. The minimum Gasteiger partial charge on any atom is -0.467 e. The third-order valence-corrected chi connectivity index (χ3v) is 2.99. The number of aromatic nitrogens is 2. The first-order valence-electron chi connectivity index (χ1n) is 5.28. The molecule has 0 radical (unpaired) electrons. The number of hydrogen-bond donors (Lipinski definition) is 1. The van der Waals surface area contributed by atoms with Crippen molar-refractivity contribution in [3.8, 4) is 5.75 Å². The van der Waals surface area contributed by atoms with Gasteiger partial charge >= 0.3 is 5.69 Å². The van der Waals surface area contributed by atoms with E-state index in [1.807, 2.05) is 0 Å². The molecule has 18 heavy (non-hydrogen) atoms. The van der Waals surface area contributed by atoms with Gasteiger partial charge in [-0.05, 0) is 6.07 Å². The maximum Gasteiger partial charge on any atom is 0.364 e. The molecule has 1 aromatic carbocycles. The summed E-state index contributed by atoms with van der Waals surface area (Å²) in [5.74, 6) is 0.582. The van der Waals surface area contributed by atoms with Crippen LogP contribution in [0.25, 0.3) is 10.9 Å². The first-order valence-corrected chi connectivity index (χ1v) is 5.28. The largest absolute Gasteiger partial charge is 0.467 e. The molecule has 0 spiro atoms. The second-order valence-corrected chi connectivity index (χ2v) is 4.05. The highest BCUT2D eigenvalue weighted by molar-refractivity contribution is 5.81. The predicted molar refractivity (Wildman–Crippen MR) is 60.9 cm³/mol. The van der Waals surface area contributed by atoms with Crippen molar-refractivity contribution in [3.63, 3.8) is 0 Å². The van der Waals surface area contributed by atoms with Crippen LogP contribution in [-0.4, -0.2) is 21.3 Å². The van der Waals surface area contributed by atoms with Crippen molar-refractivity contribution in [2.24, 2.45) is 7.05 Å². The lowest BCUT2D eigenvalue weighted by molar-refractivity contribution is -0.0162. The molecule has 7 nitrogen and oxygen atoms in total. The van der Waals surface area contributed by atoms with Crippen LogP contribution in [0, 0.1) is 0 Å². The molecule has 7 heteroatoms. The topological polar surface area (TPSA) is 82.7 Å². The summed E-state index contributed by atoms with van der Waals surface area (Å²) in [4.78, 5) is 23.4. The number of rotatable bonds is 0. The van der Waals surface area contributed by atoms with Crippen molar-refractivity contribution in [2.75, 3.05) is 6.79 Å². The third kappa shape index (κ3) is 1.34. The second-order valence-electron chi connectivity index (χ2n) is 4.05. The van der Waals surface area contributed by atoms with Gasteiger partial charge in [-0.1, -0.05) is 4.73 Å². The SMILES string of the molecule is Cn1c(=O)n(O)c(=O)c2cc3c(cc21)OCOC3. The standard InChI is InChI=1S/C11H10N2O5/c1-12-8-3-9-6(4-17-5-18-9)2-7(8)10(14)13(16)11(12)15/h2-3,16H,4-5H2,1H3. The summed E-state index contributed by atoms with van der Waals surface area (Å²) in [6.45, 7) is 0.475. The zero-order valence-corrected chi connectivity index (χ0v) is 9.54. The van der Waals surface area contributed by atoms with Crippen LogP contribution in [0.1, 0.15) is 5.56 Å². The molecule has 0 fully saturated rings. The summed E-state index contributed by atoms with van der Waals surface area (Å²) < 4.78 is 11.7. The Morgan fingerprint density at radius 3 is 2.89 bits per heavy atom. The molecule has 1 aliphatic rings. The number of nitrogens with zero attached hydrogens (tertiary/aromatic N) is 2. The summed E-state index contributed by atoms with van der Waals surface area (Å²) in [5, 5.41) is 9.64. The van der Waals surface area contributed by atoms with Crippen molar-refractivity contribution in [1.29, 1.82) is 0 Å². The van der Waals surface area contributed by atoms with E-state index in [4.69, 9.17) is 9.47 Å². The summed E-state index contributed by atoms with van der Waals surface area (Å²) >= 11 is 0. The Kier molecular flexibility index (Phi) is 2.17. The van der Waals surface area contributed by atoms with E-state index in [9.17, 15) is 14.8 Å². The molecule has 0 atom stereocenters. The van der Waals surface area contributed by atoms with Gasteiger partial charge in [-0.3, -0.25) is 9.36 Å². The van der Waals surface area contributed by atoms with Gasteiger partial charge in [0.25, 0.3) is 5.56 Å². The Bertz CT molecular complexity index is 759. The Balaban J connectivity index is 2.48. The molecule has 0 saturated heterocycles. The Morgan fingerprint density at radius 1 is 1.33 bits per heavy atom. The molecule has 1 N–H and O–H groups in total. The van der Waals surface area contributed by atoms with E-state index in [1.54, 1.807) is 12.1 Å². The number of hydrogen-bond acceptors (Lipinski definition) is 5. The molecule has 1 aliphatic heterocycles. The van der Waals surface area contributed by atoms with Crippen LogP contribution in [0.2, 0.25) is 0 Å². The fraction of sp³-hybridized carbons (Fsp3) is 0.273. The summed E-state index contributed by atoms with van der Waals surface area (Å²) in [5.41, 5.74) is -0.415. The zero-order valence-electron chi connectivity index (χ0n) is 9.54. The number of aryl methyl sites for hydroxylation is 1. The minimum atomic E-state index is -0.792. The Labute approximate surface area is 100 Å². The van der Waals surface area contributed by atoms with Crippen LogP contribution in [0.15, 0.2) is 21.7 Å². The van der Waals surface area contributed by atoms with Gasteiger partial charge in [-0.25, -0.2) is 4.79 Å². The van der Waals surface area contributed by atoms with E-state index in [0.717, 1.165) is 0 Å². The van der Waals surface area contributed by atoms with E-state index in [0.29, 0.717) is 23.4 Å². The predicted octanol–water partition coefficient (Wildman–Crippen LogP) is -0.196. The van der Waals surface area contributed by atoms with E-state index in [1.165, 1.54) is 11.6 Å². The summed E-state index contributed by atoms with van der Waals surface area (Å²) in [7, 11) is 1.47. The monoisotopic (exact) mass is 250 g/mol. The lowest BCUT2D eigenvalue weighted by Gasteiger charge is -2.18. The molecular formula is C11H10N2O5. The van der Waals surface area contributed by atoms with Crippen molar-refractivity contribution in [1.82, 2.24) is 9.30 Å². The molecule has 0 aliphatic carbocycles. The van der Waals surface area contributed by atoms with Crippen molar-refractivity contribution in [2.45, 2.75) is 6.61 Å². The molecule has 0 saturated carbocycles. The van der Waals surface area contributed by atoms with Gasteiger partial charge in [-0.15, -0.1) is 0 Å². The van der Waals surface area contributed by atoms with Crippen LogP contribution in [0.4, 0.5) is 0 Å². The second kappa shape index (κ2) is 3.61. The van der Waals surface area contributed by atoms with Gasteiger partial charge in [0.1, 0.15) is 5.75 Å². The lowest BCUT2D eigenvalue weighted by atomic mass is 10.1. The highest BCUT2D eigenvalue weighted by atomic mass is 16.7. The van der Waals surface area contributed by atoms with E-state index in [2.05, 4.69) is 0 Å². The van der Waals surface area contributed by atoms with E-state index >= 15 is 0 Å². The number of ether oxygens (including phenoxy) is 2. The average molecular weight is 250 g/mol. The van der Waals surface area contributed by atoms with Crippen molar-refractivity contribution in [3.05, 3.63) is 38.5 Å². The lowest BCUT2D eigenvalue weighted by Crippen LogP contribution is -2.37. The Morgan fingerprint density at radius 2 is 2.11 bits per heavy atom. The van der Waals surface area contributed by atoms with E-state index in [-0.39, 0.29) is 16.9 Å². The molecule has 0 amide bonds. The van der Waals surface area contributed by atoms with Crippen molar-refractivity contribution < 1.29 is 14.7 Å². The van der Waals surface area contributed by atoms with Gasteiger partial charge in [0.15, 0.2) is 6.79 Å². The normalized spacial score (nSPS) is 14.3. The highest BCUT2D eigenvalue weighted by Gasteiger charge is 2.16. The quantitative estimate of drug-likeness (QED) is 0.655. The minimum absolute atomic E-state index is 0.0965. The molecular weight excluding hydrogens is 240 g/mol. The number of benzene rings is 1. The van der Waals surface area contributed by atoms with Crippen LogP contribution in [0.5, 0.6) is 5.75 Å². The van der Waals surface area contributed by atoms with Gasteiger partial charge in [0.2, 0.25) is 0 Å². The fourth-order valence-corrected chi connectivity index (χ4v) is 2.01. The maximum absolute atomic E-state index is 11.8. The molecule has 2 aromatic rings. The molecule has 0 unspecified atom stereocenters. The summed E-state index contributed by atoms with van der Waals surface area (Å²) in [6.07, 6.45) is 0.